The molecule has 372 valence electrons. The van der Waals surface area contributed by atoms with Crippen LogP contribution in [0.3, 0.4) is 0 Å². The van der Waals surface area contributed by atoms with E-state index in [4.69, 9.17) is 39.5 Å². The molecule has 4 aromatic heterocycles. The summed E-state index contributed by atoms with van der Waals surface area (Å²) in [7, 11) is -24.1. The van der Waals surface area contributed by atoms with E-state index in [1.165, 1.54) is 21.8 Å². The first-order valence-electron chi connectivity index (χ1n) is 20.4. The Morgan fingerprint density at radius 1 is 0.551 bits per heavy atom. The maximum absolute atomic E-state index is 13.0. The second kappa shape index (κ2) is 21.0. The Morgan fingerprint density at radius 2 is 0.986 bits per heavy atom. The van der Waals surface area contributed by atoms with Gasteiger partial charge < -0.3 is 60.2 Å². The van der Waals surface area contributed by atoms with Crippen LogP contribution in [0.2, 0.25) is 0 Å². The van der Waals surface area contributed by atoms with Crippen LogP contribution in [0.15, 0.2) is 86.0 Å². The predicted molar refractivity (Wildman–Crippen MR) is 234 cm³/mol. The zero-order valence-electron chi connectivity index (χ0n) is 35.5. The predicted octanol–water partition coefficient (Wildman–Crippen LogP) is 2.09. The molecule has 6 heterocycles. The number of aliphatic hydroxyl groups excluding tert-OH is 2. The maximum Gasteiger partial charge on any atom is 0.490 e. The molecular weight excluding hydrogens is 1000 g/mol. The summed E-state index contributed by atoms with van der Waals surface area (Å²) in [4.78, 5) is 65.8. The molecule has 2 saturated heterocycles. The number of phosphoric acid groups is 4. The van der Waals surface area contributed by atoms with Gasteiger partial charge in [-0.1, -0.05) is 60.7 Å². The maximum atomic E-state index is 13.0. The molecular formula is C36H44N10O19P4. The van der Waals surface area contributed by atoms with Gasteiger partial charge in [0, 0.05) is 0 Å². The first-order valence-corrected chi connectivity index (χ1v) is 26.4. The highest BCUT2D eigenvalue weighted by molar-refractivity contribution is 7.69. The summed E-state index contributed by atoms with van der Waals surface area (Å²) in [6, 6.07) is 18.3. The summed E-state index contributed by atoms with van der Waals surface area (Å²) in [6.07, 6.45) is -5.45. The van der Waals surface area contributed by atoms with Crippen molar-refractivity contribution in [3.05, 3.63) is 97.1 Å². The van der Waals surface area contributed by atoms with Crippen LogP contribution in [0.5, 0.6) is 0 Å². The monoisotopic (exact) mass is 1040 g/mol. The van der Waals surface area contributed by atoms with Crippen molar-refractivity contribution in [1.82, 2.24) is 39.0 Å². The highest BCUT2D eigenvalue weighted by Crippen LogP contribution is 2.71. The first-order chi connectivity index (χ1) is 32.8. The van der Waals surface area contributed by atoms with Crippen molar-refractivity contribution in [3.63, 3.8) is 0 Å². The molecule has 8 rings (SSSR count). The van der Waals surface area contributed by atoms with E-state index in [0.29, 0.717) is 12.8 Å². The van der Waals surface area contributed by atoms with E-state index in [-0.39, 0.29) is 47.2 Å². The summed E-state index contributed by atoms with van der Waals surface area (Å²) < 4.78 is 100. The fourth-order valence-corrected chi connectivity index (χ4v) is 12.3. The molecule has 0 saturated carbocycles. The number of nitrogen functional groups attached to an aromatic ring is 2. The van der Waals surface area contributed by atoms with Crippen LogP contribution in [0.25, 0.3) is 22.3 Å². The van der Waals surface area contributed by atoms with E-state index in [1.807, 2.05) is 48.5 Å². The molecule has 29 nitrogen and oxygen atoms in total. The molecule has 0 radical (unpaired) electrons. The van der Waals surface area contributed by atoms with Gasteiger partial charge in [-0.2, -0.15) is 12.9 Å². The Hall–Kier alpha value is -4.54. The van der Waals surface area contributed by atoms with Crippen molar-refractivity contribution >= 4 is 65.3 Å². The molecule has 6 aromatic rings. The molecule has 0 spiro atoms. The quantitative estimate of drug-likeness (QED) is 0.0451. The molecule has 2 aromatic carbocycles. The van der Waals surface area contributed by atoms with Gasteiger partial charge in [-0.05, 0) is 24.0 Å². The molecule has 2 aliphatic heterocycles. The Morgan fingerprint density at radius 3 is 1.49 bits per heavy atom. The van der Waals surface area contributed by atoms with Crippen LogP contribution in [0.1, 0.15) is 23.6 Å². The van der Waals surface area contributed by atoms with Gasteiger partial charge in [0.05, 0.1) is 39.1 Å². The number of hydrogen-bond donors (Lipinski definition) is 8. The number of benzene rings is 2. The zero-order chi connectivity index (χ0) is 49.1. The summed E-state index contributed by atoms with van der Waals surface area (Å²) in [5.41, 5.74) is 14.3. The normalized spacial score (nSPS) is 26.4. The number of imidazole rings is 2. The van der Waals surface area contributed by atoms with Gasteiger partial charge in [-0.3, -0.25) is 18.2 Å². The second-order valence-corrected chi connectivity index (χ2v) is 21.4. The Bertz CT molecular complexity index is 2930. The van der Waals surface area contributed by atoms with E-state index in [0.717, 1.165) is 23.8 Å². The Kier molecular flexibility index (Phi) is 15.5. The number of aliphatic hydroxyl groups is 2. The number of anilines is 2. The minimum atomic E-state index is -6.23. The topological polar surface area (TPSA) is 412 Å². The Balaban J connectivity index is 0.882. The zero-order valence-corrected chi connectivity index (χ0v) is 39.0. The minimum absolute atomic E-state index is 0.00285. The summed E-state index contributed by atoms with van der Waals surface area (Å²) >= 11 is 0. The van der Waals surface area contributed by atoms with Crippen molar-refractivity contribution < 1.29 is 89.0 Å². The summed E-state index contributed by atoms with van der Waals surface area (Å²) in [5.74, 6) is 0.0549. The molecule has 0 aliphatic carbocycles. The number of aromatic nitrogens is 8. The van der Waals surface area contributed by atoms with E-state index in [9.17, 15) is 48.0 Å². The highest BCUT2D eigenvalue weighted by atomic mass is 31.3. The summed E-state index contributed by atoms with van der Waals surface area (Å²) in [6.45, 7) is -1.96. The lowest BCUT2D eigenvalue weighted by Crippen LogP contribution is -2.37. The molecule has 0 amide bonds. The first kappa shape index (κ1) is 50.8. The number of fused-ring (bicyclic) bond motifs is 2. The second-order valence-electron chi connectivity index (χ2n) is 15.1. The van der Waals surface area contributed by atoms with Gasteiger partial charge in [0.2, 0.25) is 0 Å². The van der Waals surface area contributed by atoms with E-state index >= 15 is 0 Å². The highest BCUT2D eigenvalue weighted by Gasteiger charge is 2.51. The van der Waals surface area contributed by atoms with E-state index < -0.39 is 93.6 Å². The third-order valence-corrected chi connectivity index (χ3v) is 16.4. The average Bonchev–Trinajstić information content (AvgIpc) is 4.06. The fourth-order valence-electron chi connectivity index (χ4n) is 7.38. The molecule has 4 unspecified atom stereocenters. The SMILES string of the molecule is Nc1ncnc2c1ncn2[C@@H]1O[C@H](COP(=O)(O)OP(=O)(O)OP(=O)(O)OP(=O)(O)OC[C@H]2O[C@H](n3cnc4c(N)ncnc43)[C@@H](OCCc3ccccc3)[C@H]2O)[C@@H](OCCc2ccccc2)[C@H]1O. The summed E-state index contributed by atoms with van der Waals surface area (Å²) in [5, 5.41) is 22.7. The largest absolute Gasteiger partial charge is 0.490 e. The van der Waals surface area contributed by atoms with Crippen LogP contribution in [0, 0.1) is 0 Å². The van der Waals surface area contributed by atoms with Crippen molar-refractivity contribution in [3.8, 4) is 0 Å². The average molecular weight is 1040 g/mol. The molecule has 0 bridgehead atoms. The van der Waals surface area contributed by atoms with E-state index in [2.05, 4.69) is 42.8 Å². The number of ether oxygens (including phenoxy) is 4. The van der Waals surface area contributed by atoms with Crippen LogP contribution in [-0.4, -0.2) is 132 Å². The third-order valence-electron chi connectivity index (χ3n) is 10.5. The van der Waals surface area contributed by atoms with Crippen molar-refractivity contribution in [2.75, 3.05) is 37.9 Å². The van der Waals surface area contributed by atoms with E-state index in [1.54, 1.807) is 12.1 Å². The number of nitrogens with zero attached hydrogens (tertiary/aromatic N) is 8. The molecule has 69 heavy (non-hydrogen) atoms. The molecule has 10 N–H and O–H groups in total. The third kappa shape index (κ3) is 12.3. The molecule has 2 fully saturated rings. The smallest absolute Gasteiger partial charge is 0.387 e. The Labute approximate surface area is 389 Å². The lowest BCUT2D eigenvalue weighted by molar-refractivity contribution is -0.0695. The molecule has 33 heteroatoms. The number of rotatable bonds is 22. The van der Waals surface area contributed by atoms with Crippen molar-refractivity contribution in [2.24, 2.45) is 0 Å². The van der Waals surface area contributed by atoms with Gasteiger partial charge in [0.15, 0.2) is 35.4 Å². The van der Waals surface area contributed by atoms with Crippen molar-refractivity contribution in [1.29, 1.82) is 0 Å². The van der Waals surface area contributed by atoms with Gasteiger partial charge in [0.1, 0.15) is 60.3 Å². The van der Waals surface area contributed by atoms with Crippen molar-refractivity contribution in [2.45, 2.75) is 61.9 Å². The number of phosphoric ester groups is 2. The van der Waals surface area contributed by atoms with Gasteiger partial charge in [-0.25, -0.2) is 48.2 Å². The lowest BCUT2D eigenvalue weighted by Gasteiger charge is -2.23. The van der Waals surface area contributed by atoms with Crippen LogP contribution < -0.4 is 11.5 Å². The standard InChI is InChI=1S/C36H44N10O19P4/c37-31-25-33(41-17-39-31)45(19-43-25)35-28(48)29(57-13-11-21-7-3-1-4-8-21)24(62-35)16-60-67(51,52)64-69(55,56)65-68(53,54)63-66(49,50)59-15-23-27(47)30(58-14-12-22-9-5-2-6-10-22)36(61-23)46-20-44-26-32(38)40-18-42-34(26)46/h1-10,17-20,23-24,27-30,35-36,47-48H,11-16H2,(H,49,50)(H,51,52)(H,53,54)(H,55,56)(H2,37,39,41)(H2,38,40,42)/t23-,24-,27+,28-,29-,30+,35-,36+/m1/s1. The molecule has 2 aliphatic rings. The lowest BCUT2D eigenvalue weighted by atomic mass is 10.1. The van der Waals surface area contributed by atoms with Crippen LogP contribution in [0.4, 0.5) is 11.6 Å². The minimum Gasteiger partial charge on any atom is -0.387 e. The van der Waals surface area contributed by atoms with Gasteiger partial charge in [0.25, 0.3) is 0 Å². The number of hydrogen-bond acceptors (Lipinski definition) is 23. The van der Waals surface area contributed by atoms with Gasteiger partial charge >= 0.3 is 31.3 Å². The number of nitrogens with two attached hydrogens (primary N) is 2. The van der Waals surface area contributed by atoms with Crippen LogP contribution in [-0.2, 0) is 72.0 Å². The fraction of sp³-hybridized carbons (Fsp3) is 0.389. The van der Waals surface area contributed by atoms with Gasteiger partial charge in [-0.15, -0.1) is 0 Å². The molecule has 12 atom stereocenters. The van der Waals surface area contributed by atoms with Crippen LogP contribution >= 0.6 is 31.3 Å².